The van der Waals surface area contributed by atoms with Crippen LogP contribution >= 0.6 is 0 Å². The van der Waals surface area contributed by atoms with E-state index in [0.717, 1.165) is 6.42 Å². The number of ether oxygens (including phenoxy) is 1. The Labute approximate surface area is 106 Å². The normalized spacial score (nSPS) is 11.7. The van der Waals surface area contributed by atoms with Crippen molar-refractivity contribution in [2.24, 2.45) is 0 Å². The fourth-order valence-corrected chi connectivity index (χ4v) is 1.31. The number of benzene rings is 1. The SMILES string of the molecule is CCc1ccc(OCC(=O)N[C@H](C)C(=O)[O-])cc1. The molecule has 0 radical (unpaired) electrons. The molecule has 0 bridgehead atoms. The molecular formula is C13H16NO4-. The molecule has 1 N–H and O–H groups in total. The number of carbonyl (C=O) groups is 2. The van der Waals surface area contributed by atoms with Crippen LogP contribution in [0.4, 0.5) is 0 Å². The molecule has 1 aromatic carbocycles. The highest BCUT2D eigenvalue weighted by Gasteiger charge is 2.08. The third-order valence-electron chi connectivity index (χ3n) is 2.43. The molecule has 0 aromatic heterocycles. The van der Waals surface area contributed by atoms with E-state index < -0.39 is 17.9 Å². The number of hydrogen-bond donors (Lipinski definition) is 1. The lowest BCUT2D eigenvalue weighted by Crippen LogP contribution is -2.47. The van der Waals surface area contributed by atoms with Gasteiger partial charge in [0, 0.05) is 0 Å². The van der Waals surface area contributed by atoms with Gasteiger partial charge in [0.15, 0.2) is 6.61 Å². The minimum Gasteiger partial charge on any atom is -0.548 e. The lowest BCUT2D eigenvalue weighted by atomic mass is 10.2. The summed E-state index contributed by atoms with van der Waals surface area (Å²) in [7, 11) is 0. The Morgan fingerprint density at radius 2 is 1.94 bits per heavy atom. The summed E-state index contributed by atoms with van der Waals surface area (Å²) in [6.45, 7) is 3.16. The fraction of sp³-hybridized carbons (Fsp3) is 0.385. The Balaban J connectivity index is 2.40. The van der Waals surface area contributed by atoms with Gasteiger partial charge in [-0.15, -0.1) is 0 Å². The van der Waals surface area contributed by atoms with Crippen molar-refractivity contribution in [1.82, 2.24) is 5.32 Å². The standard InChI is InChI=1S/C13H17NO4/c1-3-10-4-6-11(7-5-10)18-8-12(15)14-9(2)13(16)17/h4-7,9H,3,8H2,1-2H3,(H,14,15)(H,16,17)/p-1/t9-/m1/s1. The molecule has 0 saturated heterocycles. The molecule has 0 fully saturated rings. The summed E-state index contributed by atoms with van der Waals surface area (Å²) < 4.78 is 5.22. The zero-order valence-corrected chi connectivity index (χ0v) is 10.4. The number of aliphatic carboxylic acids is 1. The molecule has 98 valence electrons. The van der Waals surface area contributed by atoms with Crippen molar-refractivity contribution in [3.63, 3.8) is 0 Å². The molecule has 0 heterocycles. The summed E-state index contributed by atoms with van der Waals surface area (Å²) in [6, 6.07) is 6.35. The first kappa shape index (κ1) is 14.0. The van der Waals surface area contributed by atoms with Crippen LogP contribution in [0, 0.1) is 0 Å². The van der Waals surface area contributed by atoms with Crippen molar-refractivity contribution in [3.05, 3.63) is 29.8 Å². The molecule has 18 heavy (non-hydrogen) atoms. The highest BCUT2D eigenvalue weighted by molar-refractivity contribution is 5.83. The molecule has 0 aliphatic rings. The van der Waals surface area contributed by atoms with Crippen LogP contribution in [0.2, 0.25) is 0 Å². The van der Waals surface area contributed by atoms with Gasteiger partial charge in [-0.2, -0.15) is 0 Å². The van der Waals surface area contributed by atoms with Crippen molar-refractivity contribution in [2.45, 2.75) is 26.3 Å². The Kier molecular flexibility index (Phi) is 5.17. The van der Waals surface area contributed by atoms with Gasteiger partial charge in [0.25, 0.3) is 5.91 Å². The topological polar surface area (TPSA) is 78.5 Å². The second kappa shape index (κ2) is 6.64. The van der Waals surface area contributed by atoms with Crippen molar-refractivity contribution in [2.75, 3.05) is 6.61 Å². The molecule has 1 rings (SSSR count). The van der Waals surface area contributed by atoms with Crippen LogP contribution < -0.4 is 15.2 Å². The van der Waals surface area contributed by atoms with Gasteiger partial charge in [0.1, 0.15) is 5.75 Å². The molecule has 0 aliphatic heterocycles. The van der Waals surface area contributed by atoms with E-state index in [2.05, 4.69) is 5.32 Å². The summed E-state index contributed by atoms with van der Waals surface area (Å²) in [5, 5.41) is 12.7. The van der Waals surface area contributed by atoms with Gasteiger partial charge in [-0.3, -0.25) is 4.79 Å². The highest BCUT2D eigenvalue weighted by Crippen LogP contribution is 2.12. The summed E-state index contributed by atoms with van der Waals surface area (Å²) in [4.78, 5) is 21.7. The maximum absolute atomic E-state index is 11.3. The molecule has 5 nitrogen and oxygen atoms in total. The minimum atomic E-state index is -1.32. The monoisotopic (exact) mass is 250 g/mol. The molecule has 1 aromatic rings. The van der Waals surface area contributed by atoms with Crippen molar-refractivity contribution >= 4 is 11.9 Å². The summed E-state index contributed by atoms with van der Waals surface area (Å²) in [5.41, 5.74) is 1.18. The number of carboxylic acid groups (broad SMARTS) is 1. The van der Waals surface area contributed by atoms with E-state index in [-0.39, 0.29) is 6.61 Å². The van der Waals surface area contributed by atoms with Gasteiger partial charge < -0.3 is 20.0 Å². The maximum Gasteiger partial charge on any atom is 0.258 e. The van der Waals surface area contributed by atoms with Crippen LogP contribution in [-0.4, -0.2) is 24.5 Å². The van der Waals surface area contributed by atoms with E-state index in [1.807, 2.05) is 19.1 Å². The van der Waals surface area contributed by atoms with E-state index in [1.165, 1.54) is 12.5 Å². The summed E-state index contributed by atoms with van der Waals surface area (Å²) in [5.74, 6) is -1.25. The lowest BCUT2D eigenvalue weighted by molar-refractivity contribution is -0.307. The predicted molar refractivity (Wildman–Crippen MR) is 63.9 cm³/mol. The van der Waals surface area contributed by atoms with Crippen LogP contribution in [0.5, 0.6) is 5.75 Å². The van der Waals surface area contributed by atoms with Gasteiger partial charge >= 0.3 is 0 Å². The minimum absolute atomic E-state index is 0.219. The van der Waals surface area contributed by atoms with E-state index >= 15 is 0 Å². The van der Waals surface area contributed by atoms with Gasteiger partial charge in [-0.05, 0) is 31.0 Å². The number of hydrogen-bond acceptors (Lipinski definition) is 4. The Hall–Kier alpha value is -2.04. The fourth-order valence-electron chi connectivity index (χ4n) is 1.31. The number of carbonyl (C=O) groups excluding carboxylic acids is 2. The highest BCUT2D eigenvalue weighted by atomic mass is 16.5. The smallest absolute Gasteiger partial charge is 0.258 e. The molecule has 0 saturated carbocycles. The van der Waals surface area contributed by atoms with E-state index in [4.69, 9.17) is 4.74 Å². The maximum atomic E-state index is 11.3. The quantitative estimate of drug-likeness (QED) is 0.763. The Morgan fingerprint density at radius 1 is 1.33 bits per heavy atom. The van der Waals surface area contributed by atoms with Gasteiger partial charge in [0.05, 0.1) is 12.0 Å². The number of nitrogens with one attached hydrogen (secondary N) is 1. The van der Waals surface area contributed by atoms with E-state index in [9.17, 15) is 14.7 Å². The van der Waals surface area contributed by atoms with Crippen LogP contribution in [0.25, 0.3) is 0 Å². The van der Waals surface area contributed by atoms with Gasteiger partial charge in [-0.1, -0.05) is 19.1 Å². The van der Waals surface area contributed by atoms with Gasteiger partial charge in [-0.25, -0.2) is 0 Å². The van der Waals surface area contributed by atoms with Crippen LogP contribution in [-0.2, 0) is 16.0 Å². The molecule has 0 aliphatic carbocycles. The second-order valence-electron chi connectivity index (χ2n) is 3.89. The molecule has 0 spiro atoms. The average Bonchev–Trinajstić information content (AvgIpc) is 2.36. The first-order valence-electron chi connectivity index (χ1n) is 5.75. The Bertz CT molecular complexity index is 414. The summed E-state index contributed by atoms with van der Waals surface area (Å²) in [6.07, 6.45) is 0.934. The third kappa shape index (κ3) is 4.45. The Morgan fingerprint density at radius 3 is 2.44 bits per heavy atom. The van der Waals surface area contributed by atoms with E-state index in [0.29, 0.717) is 5.75 Å². The average molecular weight is 250 g/mol. The van der Waals surface area contributed by atoms with Crippen LogP contribution in [0.3, 0.4) is 0 Å². The predicted octanol–water partition coefficient (Wildman–Crippen LogP) is -0.118. The third-order valence-corrected chi connectivity index (χ3v) is 2.43. The molecule has 1 atom stereocenters. The second-order valence-corrected chi connectivity index (χ2v) is 3.89. The number of carboxylic acids is 1. The van der Waals surface area contributed by atoms with Crippen LogP contribution in [0.1, 0.15) is 19.4 Å². The molecular weight excluding hydrogens is 234 g/mol. The lowest BCUT2D eigenvalue weighted by Gasteiger charge is -2.14. The van der Waals surface area contributed by atoms with E-state index in [1.54, 1.807) is 12.1 Å². The number of amides is 1. The first-order chi connectivity index (χ1) is 8.52. The first-order valence-corrected chi connectivity index (χ1v) is 5.75. The summed E-state index contributed by atoms with van der Waals surface area (Å²) >= 11 is 0. The van der Waals surface area contributed by atoms with Gasteiger partial charge in [0.2, 0.25) is 0 Å². The van der Waals surface area contributed by atoms with Crippen molar-refractivity contribution < 1.29 is 19.4 Å². The largest absolute Gasteiger partial charge is 0.548 e. The molecule has 5 heteroatoms. The zero-order valence-electron chi connectivity index (χ0n) is 10.4. The number of aryl methyl sites for hydroxylation is 1. The molecule has 1 amide bonds. The number of rotatable bonds is 6. The van der Waals surface area contributed by atoms with Crippen LogP contribution in [0.15, 0.2) is 24.3 Å². The zero-order chi connectivity index (χ0) is 13.5. The molecule has 0 unspecified atom stereocenters. The van der Waals surface area contributed by atoms with Crippen molar-refractivity contribution in [3.8, 4) is 5.75 Å². The van der Waals surface area contributed by atoms with Crippen molar-refractivity contribution in [1.29, 1.82) is 0 Å².